The Morgan fingerprint density at radius 2 is 2.50 bits per heavy atom. The molecule has 0 saturated heterocycles. The number of thiazole rings is 1. The van der Waals surface area contributed by atoms with Crippen molar-refractivity contribution in [2.24, 2.45) is 5.73 Å². The van der Waals surface area contributed by atoms with Crippen LogP contribution in [0.5, 0.6) is 0 Å². The quantitative estimate of drug-likeness (QED) is 0.785. The first-order valence-electron chi connectivity index (χ1n) is 4.60. The van der Waals surface area contributed by atoms with Gasteiger partial charge in [0.1, 0.15) is 5.01 Å². The minimum absolute atomic E-state index is 0.00602. The van der Waals surface area contributed by atoms with E-state index in [1.807, 2.05) is 12.3 Å². The van der Waals surface area contributed by atoms with Gasteiger partial charge in [-0.3, -0.25) is 4.79 Å². The molecule has 2 atom stereocenters. The molecule has 1 heterocycles. The van der Waals surface area contributed by atoms with Gasteiger partial charge in [0, 0.05) is 11.6 Å². The molecule has 0 aliphatic rings. The Balaban J connectivity index is 2.61. The van der Waals surface area contributed by atoms with Crippen molar-refractivity contribution < 1.29 is 4.79 Å². The van der Waals surface area contributed by atoms with Crippen LogP contribution < -0.4 is 11.1 Å². The average Bonchev–Trinajstić information content (AvgIpc) is 2.66. The highest BCUT2D eigenvalue weighted by Crippen LogP contribution is 2.18. The van der Waals surface area contributed by atoms with E-state index in [-0.39, 0.29) is 11.9 Å². The minimum Gasteiger partial charge on any atom is -0.346 e. The third-order valence-electron chi connectivity index (χ3n) is 1.89. The van der Waals surface area contributed by atoms with Crippen LogP contribution in [0.15, 0.2) is 11.6 Å². The number of nitrogens with one attached hydrogen (secondary N) is 1. The standard InChI is InChI=1S/C9H15N3OS/c1-3-7(9-11-4-5-14-9)12-8(13)6(2)10/h4-7H,3,10H2,1-2H3,(H,12,13). The summed E-state index contributed by atoms with van der Waals surface area (Å²) in [6, 6.07) is -0.475. The van der Waals surface area contributed by atoms with E-state index in [1.54, 1.807) is 24.5 Å². The van der Waals surface area contributed by atoms with Gasteiger partial charge in [-0.1, -0.05) is 6.92 Å². The Bertz CT molecular complexity index is 284. The first-order valence-corrected chi connectivity index (χ1v) is 5.48. The molecule has 0 spiro atoms. The van der Waals surface area contributed by atoms with Gasteiger partial charge in [0.25, 0.3) is 0 Å². The van der Waals surface area contributed by atoms with E-state index in [2.05, 4.69) is 10.3 Å². The third kappa shape index (κ3) is 2.78. The van der Waals surface area contributed by atoms with Crippen LogP contribution in [0, 0.1) is 0 Å². The average molecular weight is 213 g/mol. The van der Waals surface area contributed by atoms with Crippen LogP contribution in [0.3, 0.4) is 0 Å². The SMILES string of the molecule is CCC(NC(=O)C(C)N)c1nccs1. The van der Waals surface area contributed by atoms with Gasteiger partial charge in [-0.25, -0.2) is 4.98 Å². The van der Waals surface area contributed by atoms with E-state index in [1.165, 1.54) is 0 Å². The second kappa shape index (κ2) is 5.07. The molecule has 0 radical (unpaired) electrons. The van der Waals surface area contributed by atoms with Gasteiger partial charge < -0.3 is 11.1 Å². The fourth-order valence-electron chi connectivity index (χ4n) is 1.05. The van der Waals surface area contributed by atoms with Crippen LogP contribution in [0.25, 0.3) is 0 Å². The molecule has 0 saturated carbocycles. The zero-order chi connectivity index (χ0) is 10.6. The Hall–Kier alpha value is -0.940. The molecule has 14 heavy (non-hydrogen) atoms. The van der Waals surface area contributed by atoms with Gasteiger partial charge in [0.05, 0.1) is 12.1 Å². The van der Waals surface area contributed by atoms with E-state index >= 15 is 0 Å². The number of nitrogens with two attached hydrogens (primary N) is 1. The second-order valence-electron chi connectivity index (χ2n) is 3.13. The molecule has 1 rings (SSSR count). The largest absolute Gasteiger partial charge is 0.346 e. The van der Waals surface area contributed by atoms with Crippen molar-refractivity contribution in [1.29, 1.82) is 0 Å². The molecule has 0 aliphatic heterocycles. The first-order chi connectivity index (χ1) is 6.65. The first kappa shape index (κ1) is 11.1. The third-order valence-corrected chi connectivity index (χ3v) is 2.78. The molecule has 1 aromatic rings. The Kier molecular flexibility index (Phi) is 4.03. The summed E-state index contributed by atoms with van der Waals surface area (Å²) in [6.07, 6.45) is 2.56. The molecule has 3 N–H and O–H groups in total. The van der Waals surface area contributed by atoms with Crippen LogP contribution in [0.1, 0.15) is 31.3 Å². The molecule has 0 aliphatic carbocycles. The molecule has 2 unspecified atom stereocenters. The van der Waals surface area contributed by atoms with Crippen LogP contribution in [0.4, 0.5) is 0 Å². The van der Waals surface area contributed by atoms with Gasteiger partial charge >= 0.3 is 0 Å². The molecule has 5 heteroatoms. The fraction of sp³-hybridized carbons (Fsp3) is 0.556. The van der Waals surface area contributed by atoms with Crippen molar-refractivity contribution >= 4 is 17.2 Å². The van der Waals surface area contributed by atoms with Gasteiger partial charge in [-0.15, -0.1) is 11.3 Å². The summed E-state index contributed by atoms with van der Waals surface area (Å²) in [7, 11) is 0. The van der Waals surface area contributed by atoms with Crippen molar-refractivity contribution in [3.05, 3.63) is 16.6 Å². The number of carbonyl (C=O) groups excluding carboxylic acids is 1. The van der Waals surface area contributed by atoms with Gasteiger partial charge in [0.15, 0.2) is 0 Å². The minimum atomic E-state index is -0.469. The second-order valence-corrected chi connectivity index (χ2v) is 4.05. The Morgan fingerprint density at radius 1 is 1.79 bits per heavy atom. The molecule has 0 bridgehead atoms. The number of hydrogen-bond donors (Lipinski definition) is 2. The monoisotopic (exact) mass is 213 g/mol. The molecule has 4 nitrogen and oxygen atoms in total. The van der Waals surface area contributed by atoms with Gasteiger partial charge in [-0.05, 0) is 13.3 Å². The summed E-state index contributed by atoms with van der Waals surface area (Å²) in [5.41, 5.74) is 5.46. The summed E-state index contributed by atoms with van der Waals surface area (Å²) < 4.78 is 0. The summed E-state index contributed by atoms with van der Waals surface area (Å²) in [5, 5.41) is 5.68. The van der Waals surface area contributed by atoms with Crippen molar-refractivity contribution in [2.75, 3.05) is 0 Å². The predicted octanol–water partition coefficient (Wildman–Crippen LogP) is 1.06. The zero-order valence-electron chi connectivity index (χ0n) is 8.36. The fourth-order valence-corrected chi connectivity index (χ4v) is 1.82. The summed E-state index contributed by atoms with van der Waals surface area (Å²) in [4.78, 5) is 15.5. The Morgan fingerprint density at radius 3 is 2.93 bits per heavy atom. The van der Waals surface area contributed by atoms with Crippen molar-refractivity contribution in [3.63, 3.8) is 0 Å². The van der Waals surface area contributed by atoms with E-state index in [0.29, 0.717) is 0 Å². The van der Waals surface area contributed by atoms with E-state index in [9.17, 15) is 4.79 Å². The predicted molar refractivity (Wildman–Crippen MR) is 56.9 cm³/mol. The van der Waals surface area contributed by atoms with Crippen molar-refractivity contribution in [3.8, 4) is 0 Å². The van der Waals surface area contributed by atoms with E-state index in [4.69, 9.17) is 5.73 Å². The highest BCUT2D eigenvalue weighted by atomic mass is 32.1. The van der Waals surface area contributed by atoms with Crippen molar-refractivity contribution in [2.45, 2.75) is 32.4 Å². The van der Waals surface area contributed by atoms with Gasteiger partial charge in [0.2, 0.25) is 5.91 Å². The maximum Gasteiger partial charge on any atom is 0.237 e. The smallest absolute Gasteiger partial charge is 0.237 e. The lowest BCUT2D eigenvalue weighted by molar-refractivity contribution is -0.122. The maximum absolute atomic E-state index is 11.3. The Labute approximate surface area is 87.5 Å². The van der Waals surface area contributed by atoms with Crippen molar-refractivity contribution in [1.82, 2.24) is 10.3 Å². The molecule has 1 aromatic heterocycles. The van der Waals surface area contributed by atoms with E-state index < -0.39 is 6.04 Å². The van der Waals surface area contributed by atoms with Crippen LogP contribution >= 0.6 is 11.3 Å². The maximum atomic E-state index is 11.3. The van der Waals surface area contributed by atoms with Crippen LogP contribution in [-0.4, -0.2) is 16.9 Å². The lowest BCUT2D eigenvalue weighted by Crippen LogP contribution is -2.40. The number of amides is 1. The highest BCUT2D eigenvalue weighted by molar-refractivity contribution is 7.09. The number of aromatic nitrogens is 1. The molecular weight excluding hydrogens is 198 g/mol. The topological polar surface area (TPSA) is 68.0 Å². The number of carbonyl (C=O) groups is 1. The van der Waals surface area contributed by atoms with Crippen LogP contribution in [0.2, 0.25) is 0 Å². The summed E-state index contributed by atoms with van der Waals surface area (Å²) in [6.45, 7) is 3.68. The number of rotatable bonds is 4. The number of nitrogens with zero attached hydrogens (tertiary/aromatic N) is 1. The van der Waals surface area contributed by atoms with E-state index in [0.717, 1.165) is 11.4 Å². The lowest BCUT2D eigenvalue weighted by Gasteiger charge is -2.15. The molecule has 78 valence electrons. The molecule has 1 amide bonds. The number of hydrogen-bond acceptors (Lipinski definition) is 4. The zero-order valence-corrected chi connectivity index (χ0v) is 9.17. The summed E-state index contributed by atoms with van der Waals surface area (Å²) in [5.74, 6) is -0.132. The molecule has 0 fully saturated rings. The van der Waals surface area contributed by atoms with Crippen LogP contribution in [-0.2, 0) is 4.79 Å². The van der Waals surface area contributed by atoms with Gasteiger partial charge in [-0.2, -0.15) is 0 Å². The molecular formula is C9H15N3OS. The molecule has 0 aromatic carbocycles. The summed E-state index contributed by atoms with van der Waals surface area (Å²) >= 11 is 1.54. The lowest BCUT2D eigenvalue weighted by atomic mass is 10.2. The normalized spacial score (nSPS) is 14.8. The highest BCUT2D eigenvalue weighted by Gasteiger charge is 2.16.